The van der Waals surface area contributed by atoms with Gasteiger partial charge in [-0.3, -0.25) is 9.89 Å². The zero-order chi connectivity index (χ0) is 15.1. The Morgan fingerprint density at radius 2 is 2.14 bits per heavy atom. The molecule has 4 rings (SSSR count). The normalized spacial score (nSPS) is 14.9. The molecule has 1 aliphatic rings. The van der Waals surface area contributed by atoms with Crippen molar-refractivity contribution in [2.24, 2.45) is 10.2 Å². The molecule has 7 nitrogen and oxygen atoms in total. The lowest BCUT2D eigenvalue weighted by Gasteiger charge is -1.90. The molecule has 1 aliphatic carbocycles. The van der Waals surface area contributed by atoms with Gasteiger partial charge in [-0.25, -0.2) is 0 Å². The molecule has 1 amide bonds. The molecule has 0 radical (unpaired) electrons. The quantitative estimate of drug-likeness (QED) is 0.644. The third kappa shape index (κ3) is 2.16. The Kier molecular flexibility index (Phi) is 2.78. The zero-order valence-electron chi connectivity index (χ0n) is 11.6. The van der Waals surface area contributed by atoms with Crippen LogP contribution in [0, 0.1) is 0 Å². The molecule has 1 aromatic carbocycles. The van der Waals surface area contributed by atoms with E-state index in [1.165, 1.54) is 0 Å². The average molecular weight is 295 g/mol. The number of nitrogens with zero attached hydrogens (tertiary/aromatic N) is 3. The Morgan fingerprint density at radius 3 is 2.95 bits per heavy atom. The topological polar surface area (TPSA) is 106 Å². The summed E-state index contributed by atoms with van der Waals surface area (Å²) >= 11 is 0. The van der Waals surface area contributed by atoms with Crippen molar-refractivity contribution in [1.82, 2.24) is 15.2 Å². The lowest BCUT2D eigenvalue weighted by molar-refractivity contribution is 0.0990. The number of benzene rings is 1. The third-order valence-electron chi connectivity index (χ3n) is 3.73. The van der Waals surface area contributed by atoms with Crippen molar-refractivity contribution in [2.45, 2.75) is 18.8 Å². The SMILES string of the molecule is O=C(N=Nc1c(O)[nH]c2ccccc12)c1cc(C2CC2)[nH]n1. The first-order chi connectivity index (χ1) is 10.7. The molecule has 0 spiro atoms. The first kappa shape index (κ1) is 12.8. The number of hydrogen-bond acceptors (Lipinski definition) is 4. The highest BCUT2D eigenvalue weighted by Crippen LogP contribution is 2.39. The Bertz CT molecular complexity index is 888. The van der Waals surface area contributed by atoms with Crippen LogP contribution in [0.5, 0.6) is 5.88 Å². The second-order valence-electron chi connectivity index (χ2n) is 5.36. The monoisotopic (exact) mass is 295 g/mol. The fourth-order valence-electron chi connectivity index (χ4n) is 2.41. The average Bonchev–Trinajstić information content (AvgIpc) is 3.16. The Labute approximate surface area is 125 Å². The molecule has 3 aromatic rings. The highest BCUT2D eigenvalue weighted by Gasteiger charge is 2.26. The predicted octanol–water partition coefficient (Wildman–Crippen LogP) is 3.40. The Hall–Kier alpha value is -2.96. The highest BCUT2D eigenvalue weighted by molar-refractivity contribution is 5.96. The van der Waals surface area contributed by atoms with E-state index < -0.39 is 5.91 Å². The third-order valence-corrected chi connectivity index (χ3v) is 3.73. The first-order valence-electron chi connectivity index (χ1n) is 7.03. The molecule has 22 heavy (non-hydrogen) atoms. The summed E-state index contributed by atoms with van der Waals surface area (Å²) in [5.74, 6) is -0.157. The molecule has 2 heterocycles. The molecule has 0 bridgehead atoms. The molecular weight excluding hydrogens is 282 g/mol. The molecule has 7 heteroatoms. The van der Waals surface area contributed by atoms with Crippen molar-refractivity contribution < 1.29 is 9.90 Å². The number of carbonyl (C=O) groups is 1. The summed E-state index contributed by atoms with van der Waals surface area (Å²) in [5, 5.41) is 24.9. The Morgan fingerprint density at radius 1 is 1.32 bits per heavy atom. The minimum Gasteiger partial charge on any atom is -0.493 e. The molecule has 1 saturated carbocycles. The molecule has 0 atom stereocenters. The van der Waals surface area contributed by atoms with Gasteiger partial charge in [-0.05, 0) is 25.0 Å². The molecule has 110 valence electrons. The van der Waals surface area contributed by atoms with Gasteiger partial charge in [0.25, 0.3) is 0 Å². The number of H-pyrrole nitrogens is 2. The van der Waals surface area contributed by atoms with E-state index in [4.69, 9.17) is 0 Å². The molecule has 1 fully saturated rings. The lowest BCUT2D eigenvalue weighted by atomic mass is 10.2. The van der Waals surface area contributed by atoms with Crippen molar-refractivity contribution in [3.63, 3.8) is 0 Å². The number of nitrogens with one attached hydrogen (secondary N) is 2. The van der Waals surface area contributed by atoms with Crippen molar-refractivity contribution in [3.05, 3.63) is 41.7 Å². The minimum absolute atomic E-state index is 0.113. The maximum Gasteiger partial charge on any atom is 0.315 e. The number of azo groups is 1. The minimum atomic E-state index is -0.534. The number of para-hydroxylation sites is 1. The summed E-state index contributed by atoms with van der Waals surface area (Å²) in [4.78, 5) is 14.8. The lowest BCUT2D eigenvalue weighted by Crippen LogP contribution is -1.93. The molecule has 0 aliphatic heterocycles. The van der Waals surface area contributed by atoms with Gasteiger partial charge in [-0.2, -0.15) is 5.10 Å². The number of fused-ring (bicyclic) bond motifs is 1. The fraction of sp³-hybridized carbons (Fsp3) is 0.200. The van der Waals surface area contributed by atoms with Crippen LogP contribution in [0.15, 0.2) is 40.6 Å². The fourth-order valence-corrected chi connectivity index (χ4v) is 2.41. The predicted molar refractivity (Wildman–Crippen MR) is 79.4 cm³/mol. The van der Waals surface area contributed by atoms with E-state index in [9.17, 15) is 9.90 Å². The van der Waals surface area contributed by atoms with Crippen LogP contribution in [0.4, 0.5) is 5.69 Å². The summed E-state index contributed by atoms with van der Waals surface area (Å²) in [5.41, 5.74) is 2.19. The summed E-state index contributed by atoms with van der Waals surface area (Å²) in [6.45, 7) is 0. The van der Waals surface area contributed by atoms with Gasteiger partial charge in [-0.1, -0.05) is 18.2 Å². The van der Waals surface area contributed by atoms with E-state index in [0.29, 0.717) is 11.3 Å². The zero-order valence-corrected chi connectivity index (χ0v) is 11.6. The molecule has 0 saturated heterocycles. The number of rotatable bonds is 3. The van der Waals surface area contributed by atoms with Gasteiger partial charge in [-0.15, -0.1) is 10.2 Å². The first-order valence-corrected chi connectivity index (χ1v) is 7.03. The maximum atomic E-state index is 12.0. The van der Waals surface area contributed by atoms with E-state index in [0.717, 1.165) is 24.1 Å². The summed E-state index contributed by atoms with van der Waals surface area (Å²) in [7, 11) is 0. The van der Waals surface area contributed by atoms with E-state index >= 15 is 0 Å². The van der Waals surface area contributed by atoms with E-state index in [1.807, 2.05) is 18.2 Å². The molecule has 3 N–H and O–H groups in total. The van der Waals surface area contributed by atoms with E-state index in [-0.39, 0.29) is 17.3 Å². The van der Waals surface area contributed by atoms with Gasteiger partial charge in [0.15, 0.2) is 11.4 Å². The van der Waals surface area contributed by atoms with Crippen LogP contribution in [0.1, 0.15) is 34.9 Å². The number of amides is 1. The molecular formula is C15H13N5O2. The van der Waals surface area contributed by atoms with Crippen LogP contribution in [0.25, 0.3) is 10.9 Å². The second kappa shape index (κ2) is 4.80. The van der Waals surface area contributed by atoms with E-state index in [2.05, 4.69) is 25.4 Å². The van der Waals surface area contributed by atoms with Gasteiger partial charge in [0, 0.05) is 17.0 Å². The van der Waals surface area contributed by atoms with Gasteiger partial charge in [0.1, 0.15) is 0 Å². The molecule has 0 unspecified atom stereocenters. The number of hydrogen-bond donors (Lipinski definition) is 3. The summed E-state index contributed by atoms with van der Waals surface area (Å²) in [6, 6.07) is 8.99. The summed E-state index contributed by atoms with van der Waals surface area (Å²) in [6.07, 6.45) is 2.25. The van der Waals surface area contributed by atoms with Crippen molar-refractivity contribution in [2.75, 3.05) is 0 Å². The largest absolute Gasteiger partial charge is 0.493 e. The van der Waals surface area contributed by atoms with Gasteiger partial charge in [0.05, 0.1) is 5.52 Å². The van der Waals surface area contributed by atoms with Crippen molar-refractivity contribution in [3.8, 4) is 5.88 Å². The Balaban J connectivity index is 1.61. The van der Waals surface area contributed by atoms with Gasteiger partial charge < -0.3 is 10.1 Å². The molecule has 2 aromatic heterocycles. The standard InChI is InChI=1S/C15H13N5O2/c21-14(12-7-11(17-18-12)8-5-6-8)20-19-13-9-3-1-2-4-10(9)16-15(13)22/h1-4,7-8,16,22H,5-6H2,(H,17,18). The second-order valence-corrected chi connectivity index (χ2v) is 5.36. The number of aromatic hydroxyl groups is 1. The van der Waals surface area contributed by atoms with Crippen molar-refractivity contribution >= 4 is 22.5 Å². The maximum absolute atomic E-state index is 12.0. The van der Waals surface area contributed by atoms with Crippen LogP contribution < -0.4 is 0 Å². The van der Waals surface area contributed by atoms with Crippen LogP contribution in [-0.4, -0.2) is 26.2 Å². The number of aromatic amines is 2. The van der Waals surface area contributed by atoms with Crippen molar-refractivity contribution in [1.29, 1.82) is 0 Å². The summed E-state index contributed by atoms with van der Waals surface area (Å²) < 4.78 is 0. The van der Waals surface area contributed by atoms with Crippen LogP contribution in [0.3, 0.4) is 0 Å². The van der Waals surface area contributed by atoms with Crippen LogP contribution in [-0.2, 0) is 0 Å². The van der Waals surface area contributed by atoms with Gasteiger partial charge in [0.2, 0.25) is 5.88 Å². The number of aromatic nitrogens is 3. The van der Waals surface area contributed by atoms with Crippen LogP contribution in [0.2, 0.25) is 0 Å². The van der Waals surface area contributed by atoms with Gasteiger partial charge >= 0.3 is 5.91 Å². The highest BCUT2D eigenvalue weighted by atomic mass is 16.3. The number of carbonyl (C=O) groups excluding carboxylic acids is 1. The van der Waals surface area contributed by atoms with Crippen LogP contribution >= 0.6 is 0 Å². The smallest absolute Gasteiger partial charge is 0.315 e. The van der Waals surface area contributed by atoms with E-state index in [1.54, 1.807) is 12.1 Å².